The van der Waals surface area contributed by atoms with Crippen LogP contribution in [0.4, 0.5) is 4.79 Å². The second-order valence-electron chi connectivity index (χ2n) is 4.26. The van der Waals surface area contributed by atoms with Crippen molar-refractivity contribution in [3.63, 3.8) is 0 Å². The van der Waals surface area contributed by atoms with E-state index in [1.807, 2.05) is 12.3 Å². The van der Waals surface area contributed by atoms with Gasteiger partial charge in [0.1, 0.15) is 11.2 Å². The first-order valence-electron chi connectivity index (χ1n) is 5.72. The van der Waals surface area contributed by atoms with E-state index in [1.165, 1.54) is 5.57 Å². The highest BCUT2D eigenvalue weighted by atomic mass is 32.2. The maximum absolute atomic E-state index is 11.9. The molecule has 4 aliphatic rings. The molecule has 18 heavy (non-hydrogen) atoms. The molecular weight excluding hydrogens is 250 g/mol. The normalized spacial score (nSPS) is 32.3. The Labute approximate surface area is 108 Å². The first-order valence-corrected chi connectivity index (χ1v) is 6.67. The van der Waals surface area contributed by atoms with Crippen LogP contribution in [-0.2, 0) is 0 Å². The summed E-state index contributed by atoms with van der Waals surface area (Å²) >= 11 is 1.70. The lowest BCUT2D eigenvalue weighted by Crippen LogP contribution is -2.50. The minimum absolute atomic E-state index is 0.00495. The zero-order valence-corrected chi connectivity index (χ0v) is 10.2. The van der Waals surface area contributed by atoms with E-state index in [2.05, 4.69) is 27.1 Å². The molecule has 2 amide bonds. The molecule has 2 saturated heterocycles. The summed E-state index contributed by atoms with van der Waals surface area (Å²) in [6, 6.07) is -0.110. The number of aliphatic imine (C=N–C) groups is 1. The highest BCUT2D eigenvalue weighted by molar-refractivity contribution is 8.02. The second kappa shape index (κ2) is 3.63. The quantitative estimate of drug-likeness (QED) is 0.585. The van der Waals surface area contributed by atoms with Crippen molar-refractivity contribution in [1.29, 1.82) is 0 Å². The molecule has 4 heterocycles. The Hall–Kier alpha value is -1.73. The predicted octanol–water partition coefficient (Wildman–Crippen LogP) is 0.255. The molecule has 0 aliphatic carbocycles. The van der Waals surface area contributed by atoms with Gasteiger partial charge in [0.25, 0.3) is 0 Å². The third-order valence-corrected chi connectivity index (χ3v) is 4.56. The summed E-state index contributed by atoms with van der Waals surface area (Å²) in [5.41, 5.74) is 5.35. The van der Waals surface area contributed by atoms with E-state index in [9.17, 15) is 4.79 Å². The molecule has 0 aromatic carbocycles. The standard InChI is InChI=1S/C11H11N5OS/c17-11-15-10-8(9-13-5-14-16(9)11)6-2-1-3-12-4-7(6)18-10/h1-4,7,10,13-14H,5H2,(H,15,17). The molecule has 92 valence electrons. The molecule has 7 heteroatoms. The zero-order valence-electron chi connectivity index (χ0n) is 9.38. The fourth-order valence-electron chi connectivity index (χ4n) is 2.51. The molecule has 0 aromatic rings. The van der Waals surface area contributed by atoms with Crippen molar-refractivity contribution in [2.75, 3.05) is 6.67 Å². The minimum atomic E-state index is -0.110. The van der Waals surface area contributed by atoms with Gasteiger partial charge in [-0.25, -0.2) is 15.2 Å². The Morgan fingerprint density at radius 3 is 3.39 bits per heavy atom. The molecule has 0 spiro atoms. The number of hydrogen-bond acceptors (Lipinski definition) is 5. The molecule has 0 bridgehead atoms. The van der Waals surface area contributed by atoms with Crippen LogP contribution in [0, 0.1) is 0 Å². The number of nitrogens with zero attached hydrogens (tertiary/aromatic N) is 2. The van der Waals surface area contributed by atoms with Gasteiger partial charge in [0.05, 0.1) is 11.9 Å². The number of nitrogens with one attached hydrogen (secondary N) is 3. The summed E-state index contributed by atoms with van der Waals surface area (Å²) in [6.45, 7) is 0.575. The van der Waals surface area contributed by atoms with Crippen LogP contribution in [0.2, 0.25) is 0 Å². The number of hydrogen-bond donors (Lipinski definition) is 3. The number of thioether (sulfide) groups is 1. The van der Waals surface area contributed by atoms with Gasteiger partial charge < -0.3 is 10.6 Å². The van der Waals surface area contributed by atoms with Crippen molar-refractivity contribution in [2.24, 2.45) is 4.99 Å². The van der Waals surface area contributed by atoms with Crippen LogP contribution in [0.5, 0.6) is 0 Å². The fourth-order valence-corrected chi connectivity index (χ4v) is 3.85. The predicted molar refractivity (Wildman–Crippen MR) is 69.4 cm³/mol. The van der Waals surface area contributed by atoms with Gasteiger partial charge in [-0.1, -0.05) is 6.08 Å². The first kappa shape index (κ1) is 10.2. The molecule has 2 fully saturated rings. The molecular formula is C11H11N5OS. The number of carbonyl (C=O) groups excluding carboxylic acids is 1. The number of amides is 2. The van der Waals surface area contributed by atoms with Gasteiger partial charge in [-0.15, -0.1) is 11.8 Å². The van der Waals surface area contributed by atoms with Crippen molar-refractivity contribution >= 4 is 24.0 Å². The average Bonchev–Trinajstić information content (AvgIpc) is 2.89. The largest absolute Gasteiger partial charge is 0.356 e. The van der Waals surface area contributed by atoms with Gasteiger partial charge in [-0.2, -0.15) is 0 Å². The Morgan fingerprint density at radius 2 is 2.44 bits per heavy atom. The van der Waals surface area contributed by atoms with Crippen molar-refractivity contribution in [3.05, 3.63) is 35.3 Å². The van der Waals surface area contributed by atoms with E-state index in [0.717, 1.165) is 11.4 Å². The SMILES string of the molecule is O=C1NC2SC3C=NC=CC=C3C2=C2NCNN12. The second-order valence-corrected chi connectivity index (χ2v) is 5.51. The van der Waals surface area contributed by atoms with Gasteiger partial charge >= 0.3 is 6.03 Å². The molecule has 0 saturated carbocycles. The summed E-state index contributed by atoms with van der Waals surface area (Å²) in [5, 5.41) is 7.97. The lowest BCUT2D eigenvalue weighted by Gasteiger charge is -2.28. The molecule has 0 aromatic heterocycles. The Balaban J connectivity index is 1.88. The number of rotatable bonds is 0. The molecule has 4 aliphatic heterocycles. The third-order valence-electron chi connectivity index (χ3n) is 3.26. The van der Waals surface area contributed by atoms with Crippen LogP contribution >= 0.6 is 11.8 Å². The van der Waals surface area contributed by atoms with E-state index in [-0.39, 0.29) is 16.7 Å². The van der Waals surface area contributed by atoms with E-state index in [4.69, 9.17) is 0 Å². The number of allylic oxidation sites excluding steroid dienone is 2. The average molecular weight is 261 g/mol. The number of fused-ring (bicyclic) bond motifs is 4. The molecule has 2 unspecified atom stereocenters. The lowest BCUT2D eigenvalue weighted by molar-refractivity contribution is 0.197. The summed E-state index contributed by atoms with van der Waals surface area (Å²) in [6.07, 6.45) is 7.71. The molecule has 0 radical (unpaired) electrons. The van der Waals surface area contributed by atoms with Gasteiger partial charge in [0.15, 0.2) is 0 Å². The van der Waals surface area contributed by atoms with Crippen LogP contribution in [0.1, 0.15) is 0 Å². The van der Waals surface area contributed by atoms with Gasteiger partial charge in [-0.3, -0.25) is 4.99 Å². The molecule has 4 rings (SSSR count). The smallest absolute Gasteiger partial charge is 0.338 e. The van der Waals surface area contributed by atoms with Gasteiger partial charge in [0.2, 0.25) is 0 Å². The minimum Gasteiger partial charge on any atom is -0.356 e. The van der Waals surface area contributed by atoms with Crippen LogP contribution in [0.15, 0.2) is 40.3 Å². The van der Waals surface area contributed by atoms with Crippen LogP contribution in [0.25, 0.3) is 0 Å². The highest BCUT2D eigenvalue weighted by Crippen LogP contribution is 2.44. The Kier molecular flexibility index (Phi) is 2.06. The third kappa shape index (κ3) is 1.28. The monoisotopic (exact) mass is 261 g/mol. The zero-order chi connectivity index (χ0) is 12.1. The van der Waals surface area contributed by atoms with Crippen LogP contribution < -0.4 is 16.1 Å². The molecule has 2 atom stereocenters. The summed E-state index contributed by atoms with van der Waals surface area (Å²) in [4.78, 5) is 16.1. The van der Waals surface area contributed by atoms with Crippen LogP contribution in [-0.4, -0.2) is 34.5 Å². The number of hydrazine groups is 1. The number of carbonyl (C=O) groups is 1. The topological polar surface area (TPSA) is 68.8 Å². The van der Waals surface area contributed by atoms with Crippen molar-refractivity contribution in [3.8, 4) is 0 Å². The van der Waals surface area contributed by atoms with Crippen LogP contribution in [0.3, 0.4) is 0 Å². The van der Waals surface area contributed by atoms with Crippen molar-refractivity contribution < 1.29 is 4.79 Å². The molecule has 3 N–H and O–H groups in total. The van der Waals surface area contributed by atoms with Gasteiger partial charge in [-0.05, 0) is 11.6 Å². The maximum Gasteiger partial charge on any atom is 0.338 e. The Morgan fingerprint density at radius 1 is 1.50 bits per heavy atom. The summed E-state index contributed by atoms with van der Waals surface area (Å²) in [5.74, 6) is 0.869. The fraction of sp³-hybridized carbons (Fsp3) is 0.273. The van der Waals surface area contributed by atoms with Crippen molar-refractivity contribution in [2.45, 2.75) is 10.6 Å². The Bertz CT molecular complexity index is 550. The van der Waals surface area contributed by atoms with E-state index in [1.54, 1.807) is 23.0 Å². The lowest BCUT2D eigenvalue weighted by atomic mass is 10.0. The van der Waals surface area contributed by atoms with E-state index in [0.29, 0.717) is 6.67 Å². The first-order chi connectivity index (χ1) is 8.84. The summed E-state index contributed by atoms with van der Waals surface area (Å²) in [7, 11) is 0. The summed E-state index contributed by atoms with van der Waals surface area (Å²) < 4.78 is 0. The van der Waals surface area contributed by atoms with E-state index < -0.39 is 0 Å². The maximum atomic E-state index is 11.9. The molecule has 6 nitrogen and oxygen atoms in total. The van der Waals surface area contributed by atoms with Crippen molar-refractivity contribution in [1.82, 2.24) is 21.1 Å². The van der Waals surface area contributed by atoms with Gasteiger partial charge in [0, 0.05) is 18.0 Å². The highest BCUT2D eigenvalue weighted by Gasteiger charge is 2.44. The number of urea groups is 1. The van der Waals surface area contributed by atoms with E-state index >= 15 is 0 Å².